The van der Waals surface area contributed by atoms with Crippen LogP contribution < -0.4 is 5.14 Å². The van der Waals surface area contributed by atoms with E-state index in [0.29, 0.717) is 44.1 Å². The molecular formula is C22H28FN8O3PS. The summed E-state index contributed by atoms with van der Waals surface area (Å²) in [7, 11) is -3.41. The Balaban J connectivity index is 2.01. The molecule has 0 radical (unpaired) electrons. The van der Waals surface area contributed by atoms with Crippen molar-refractivity contribution in [1.29, 1.82) is 0 Å². The summed E-state index contributed by atoms with van der Waals surface area (Å²) in [6.45, 7) is 5.18. The lowest BCUT2D eigenvalue weighted by molar-refractivity contribution is 0.153. The lowest BCUT2D eigenvalue weighted by Gasteiger charge is -2.22. The van der Waals surface area contributed by atoms with E-state index in [2.05, 4.69) is 19.9 Å². The molecule has 3 aromatic rings. The van der Waals surface area contributed by atoms with Crippen LogP contribution in [0.2, 0.25) is 0 Å². The van der Waals surface area contributed by atoms with Crippen LogP contribution in [0.5, 0.6) is 0 Å². The number of rotatable bonds is 12. The van der Waals surface area contributed by atoms with Crippen LogP contribution in [-0.4, -0.2) is 61.3 Å². The number of hydrogen-bond donors (Lipinski definition) is 1. The Bertz CT molecular complexity index is 1360. The van der Waals surface area contributed by atoms with Crippen LogP contribution in [0.3, 0.4) is 0 Å². The standard InChI is InChI=1S/C22H28FN8O3PS/c1-16-5-4-6-17(11-16)12-22-26-21(14-30(9-10-34-2)15-35(3)29-28-24)27-31(22)20-8-7-18(13-19(20)23)36(25,32)33/h4-8,11,13H,9-10,12,14-15H2,1-3H3,(H2,25,32,33). The number of primary sulfonamides is 1. The third kappa shape index (κ3) is 7.54. The Morgan fingerprint density at radius 3 is 2.72 bits per heavy atom. The summed E-state index contributed by atoms with van der Waals surface area (Å²) in [5.41, 5.74) is 10.9. The minimum Gasteiger partial charge on any atom is -0.383 e. The van der Waals surface area contributed by atoms with Gasteiger partial charge < -0.3 is 4.74 Å². The van der Waals surface area contributed by atoms with E-state index < -0.39 is 23.9 Å². The van der Waals surface area contributed by atoms with Crippen LogP contribution >= 0.6 is 8.07 Å². The number of halogens is 1. The van der Waals surface area contributed by atoms with Crippen molar-refractivity contribution in [2.75, 3.05) is 33.2 Å². The Morgan fingerprint density at radius 1 is 1.31 bits per heavy atom. The highest BCUT2D eigenvalue weighted by atomic mass is 32.2. The zero-order chi connectivity index (χ0) is 26.3. The fraction of sp³-hybridized carbons (Fsp3) is 0.364. The summed E-state index contributed by atoms with van der Waals surface area (Å²) in [4.78, 5) is 13.1. The molecule has 192 valence electrons. The number of benzene rings is 2. The Hall–Kier alpha value is -2.92. The van der Waals surface area contributed by atoms with Gasteiger partial charge in [-0.1, -0.05) is 34.7 Å². The number of nitrogens with zero attached hydrogens (tertiary/aromatic N) is 7. The molecule has 0 saturated heterocycles. The highest BCUT2D eigenvalue weighted by molar-refractivity contribution is 7.89. The van der Waals surface area contributed by atoms with Gasteiger partial charge in [-0.25, -0.2) is 27.6 Å². The Labute approximate surface area is 210 Å². The molecule has 11 nitrogen and oxygen atoms in total. The van der Waals surface area contributed by atoms with Crippen molar-refractivity contribution in [1.82, 2.24) is 19.7 Å². The molecule has 0 aliphatic carbocycles. The van der Waals surface area contributed by atoms with E-state index in [4.69, 9.17) is 15.4 Å². The maximum atomic E-state index is 15.1. The average Bonchev–Trinajstić information content (AvgIpc) is 3.18. The second kappa shape index (κ2) is 12.4. The lowest BCUT2D eigenvalue weighted by Crippen LogP contribution is -2.27. The molecule has 0 saturated carbocycles. The van der Waals surface area contributed by atoms with E-state index in [0.717, 1.165) is 17.2 Å². The van der Waals surface area contributed by atoms with Crippen molar-refractivity contribution in [3.8, 4) is 5.69 Å². The number of methoxy groups -OCH3 is 1. The van der Waals surface area contributed by atoms with E-state index >= 15 is 4.39 Å². The average molecular weight is 535 g/mol. The van der Waals surface area contributed by atoms with Crippen molar-refractivity contribution in [3.05, 3.63) is 81.5 Å². The van der Waals surface area contributed by atoms with Crippen LogP contribution in [0.4, 0.5) is 4.39 Å². The first-order chi connectivity index (χ1) is 17.1. The number of azide groups is 1. The van der Waals surface area contributed by atoms with Gasteiger partial charge in [0.1, 0.15) is 17.3 Å². The first-order valence-electron chi connectivity index (χ1n) is 10.9. The lowest BCUT2D eigenvalue weighted by atomic mass is 10.1. The van der Waals surface area contributed by atoms with E-state index in [-0.39, 0.29) is 10.6 Å². The molecule has 0 aliphatic rings. The van der Waals surface area contributed by atoms with Gasteiger partial charge in [0, 0.05) is 31.3 Å². The first-order valence-corrected chi connectivity index (χ1v) is 14.4. The minimum absolute atomic E-state index is 0.0547. The van der Waals surface area contributed by atoms with E-state index in [1.54, 1.807) is 7.11 Å². The monoisotopic (exact) mass is 534 g/mol. The molecule has 3 rings (SSSR count). The molecule has 0 spiro atoms. The van der Waals surface area contributed by atoms with Crippen molar-refractivity contribution in [2.45, 2.75) is 24.8 Å². The van der Waals surface area contributed by atoms with Crippen molar-refractivity contribution in [3.63, 3.8) is 0 Å². The van der Waals surface area contributed by atoms with Crippen LogP contribution in [0.1, 0.15) is 22.8 Å². The molecule has 2 N–H and O–H groups in total. The predicted octanol–water partition coefficient (Wildman–Crippen LogP) is 3.70. The Morgan fingerprint density at radius 2 is 2.08 bits per heavy atom. The molecule has 1 atom stereocenters. The van der Waals surface area contributed by atoms with Crippen molar-refractivity contribution in [2.24, 2.45) is 10.0 Å². The highest BCUT2D eigenvalue weighted by Gasteiger charge is 2.20. The summed E-state index contributed by atoms with van der Waals surface area (Å²) in [5, 5.41) is 9.71. The highest BCUT2D eigenvalue weighted by Crippen LogP contribution is 2.33. The molecule has 0 fully saturated rings. The van der Waals surface area contributed by atoms with Crippen LogP contribution in [0, 0.1) is 12.7 Å². The zero-order valence-electron chi connectivity index (χ0n) is 20.2. The number of aromatic nitrogens is 3. The van der Waals surface area contributed by atoms with E-state index in [1.807, 2.05) is 42.8 Å². The molecule has 0 aliphatic heterocycles. The minimum atomic E-state index is -4.06. The van der Waals surface area contributed by atoms with Gasteiger partial charge in [-0.3, -0.25) is 4.90 Å². The SMILES string of the molecule is COCCN(Cc1nc(Cc2cccc(C)c2)n(-c2ccc(S(N)(=O)=O)cc2F)n1)CP(C)N=[N+]=[N-]. The maximum Gasteiger partial charge on any atom is 0.238 e. The summed E-state index contributed by atoms with van der Waals surface area (Å²) >= 11 is 0. The summed E-state index contributed by atoms with van der Waals surface area (Å²) in [6.07, 6.45) is 0.893. The van der Waals surface area contributed by atoms with Gasteiger partial charge in [-0.15, -0.1) is 5.10 Å². The third-order valence-corrected chi connectivity index (χ3v) is 7.32. The molecule has 1 aromatic heterocycles. The molecule has 0 amide bonds. The quantitative estimate of drug-likeness (QED) is 0.162. The van der Waals surface area contributed by atoms with Crippen molar-refractivity contribution < 1.29 is 17.5 Å². The van der Waals surface area contributed by atoms with Gasteiger partial charge in [0.05, 0.1) is 18.0 Å². The topological polar surface area (TPSA) is 152 Å². The van der Waals surface area contributed by atoms with Gasteiger partial charge in [-0.2, -0.15) is 0 Å². The summed E-state index contributed by atoms with van der Waals surface area (Å²) in [6, 6.07) is 11.3. The second-order valence-electron chi connectivity index (χ2n) is 8.20. The van der Waals surface area contributed by atoms with Crippen LogP contribution in [0.15, 0.2) is 52.2 Å². The van der Waals surface area contributed by atoms with Gasteiger partial charge in [0.15, 0.2) is 5.82 Å². The number of ether oxygens (including phenoxy) is 1. The molecular weight excluding hydrogens is 506 g/mol. The van der Waals surface area contributed by atoms with E-state index in [1.165, 1.54) is 16.8 Å². The Kier molecular flexibility index (Phi) is 9.49. The zero-order valence-corrected chi connectivity index (χ0v) is 22.0. The second-order valence-corrected chi connectivity index (χ2v) is 11.5. The normalized spacial score (nSPS) is 12.5. The van der Waals surface area contributed by atoms with Gasteiger partial charge in [0.25, 0.3) is 0 Å². The summed E-state index contributed by atoms with van der Waals surface area (Å²) < 4.78 is 45.0. The molecule has 2 aromatic carbocycles. The van der Waals surface area contributed by atoms with Crippen LogP contribution in [0.25, 0.3) is 16.1 Å². The van der Waals surface area contributed by atoms with E-state index in [9.17, 15) is 8.42 Å². The van der Waals surface area contributed by atoms with Gasteiger partial charge in [-0.05, 0) is 51.0 Å². The molecule has 1 unspecified atom stereocenters. The number of hydrogen-bond acceptors (Lipinski definition) is 7. The summed E-state index contributed by atoms with van der Waals surface area (Å²) in [5.74, 6) is 0.131. The van der Waals surface area contributed by atoms with Gasteiger partial charge in [0.2, 0.25) is 10.0 Å². The fourth-order valence-electron chi connectivity index (χ4n) is 3.61. The first kappa shape index (κ1) is 27.7. The largest absolute Gasteiger partial charge is 0.383 e. The molecule has 36 heavy (non-hydrogen) atoms. The molecule has 14 heteroatoms. The fourth-order valence-corrected chi connectivity index (χ4v) is 5.15. The number of nitrogens with two attached hydrogens (primary N) is 1. The van der Waals surface area contributed by atoms with Crippen molar-refractivity contribution >= 4 is 18.1 Å². The van der Waals surface area contributed by atoms with Gasteiger partial charge >= 0.3 is 0 Å². The third-order valence-electron chi connectivity index (χ3n) is 5.21. The predicted molar refractivity (Wildman–Crippen MR) is 136 cm³/mol. The smallest absolute Gasteiger partial charge is 0.238 e. The van der Waals surface area contributed by atoms with Crippen LogP contribution in [-0.2, 0) is 27.7 Å². The molecule has 1 heterocycles. The number of aryl methyl sites for hydroxylation is 1. The molecule has 0 bridgehead atoms. The number of sulfonamides is 1. The maximum absolute atomic E-state index is 15.1.